The average Bonchev–Trinajstić information content (AvgIpc) is 3.23. The van der Waals surface area contributed by atoms with Crippen molar-refractivity contribution in [2.45, 2.75) is 51.0 Å². The van der Waals surface area contributed by atoms with E-state index in [2.05, 4.69) is 41.1 Å². The van der Waals surface area contributed by atoms with Gasteiger partial charge in [0.05, 0.1) is 10.2 Å². The molecule has 0 aromatic carbocycles. The predicted octanol–water partition coefficient (Wildman–Crippen LogP) is 3.39. The van der Waals surface area contributed by atoms with Crippen molar-refractivity contribution in [2.24, 2.45) is 0 Å². The zero-order valence-corrected chi connectivity index (χ0v) is 15.1. The largest absolute Gasteiger partial charge is 0.355 e. The van der Waals surface area contributed by atoms with Crippen LogP contribution in [0.4, 0.5) is 5.82 Å². The Morgan fingerprint density at radius 2 is 2.04 bits per heavy atom. The first-order valence-corrected chi connectivity index (χ1v) is 10.1. The third-order valence-corrected chi connectivity index (χ3v) is 6.35. The van der Waals surface area contributed by atoms with Gasteiger partial charge in [0.2, 0.25) is 0 Å². The maximum atomic E-state index is 4.60. The van der Waals surface area contributed by atoms with Crippen LogP contribution in [0.5, 0.6) is 0 Å². The highest BCUT2D eigenvalue weighted by Crippen LogP contribution is 2.34. The Morgan fingerprint density at radius 1 is 1.04 bits per heavy atom. The molecule has 3 aromatic rings. The molecule has 0 unspecified atom stereocenters. The molecule has 5 heterocycles. The summed E-state index contributed by atoms with van der Waals surface area (Å²) in [5, 5.41) is 11.2. The van der Waals surface area contributed by atoms with Crippen LogP contribution in [0.15, 0.2) is 17.8 Å². The van der Waals surface area contributed by atoms with Crippen molar-refractivity contribution < 1.29 is 0 Å². The second-order valence-corrected chi connectivity index (χ2v) is 7.97. The standard InChI is InChI=1S/C18H22N6S/c1-2-6-15-21-22-17(24(15)9-3-1)13-5-4-8-23(11-13)18-16-14(7-10-25-16)19-12-20-18/h7,10,12-13H,1-6,8-9,11H2/t13-/m0/s1. The molecule has 5 rings (SSSR count). The molecule has 130 valence electrons. The molecule has 6 nitrogen and oxygen atoms in total. The molecule has 3 aromatic heterocycles. The number of aryl methyl sites for hydroxylation is 1. The summed E-state index contributed by atoms with van der Waals surface area (Å²) in [6.07, 6.45) is 8.92. The van der Waals surface area contributed by atoms with Crippen LogP contribution < -0.4 is 4.90 Å². The summed E-state index contributed by atoms with van der Waals surface area (Å²) in [7, 11) is 0. The number of fused-ring (bicyclic) bond motifs is 2. The van der Waals surface area contributed by atoms with E-state index in [-0.39, 0.29) is 0 Å². The molecule has 7 heteroatoms. The first-order chi connectivity index (χ1) is 12.4. The van der Waals surface area contributed by atoms with E-state index in [0.717, 1.165) is 37.4 Å². The monoisotopic (exact) mass is 354 g/mol. The van der Waals surface area contributed by atoms with E-state index < -0.39 is 0 Å². The van der Waals surface area contributed by atoms with Crippen LogP contribution in [0, 0.1) is 0 Å². The Bertz CT molecular complexity index is 885. The molecule has 0 aliphatic carbocycles. The van der Waals surface area contributed by atoms with Crippen LogP contribution in [0.3, 0.4) is 0 Å². The predicted molar refractivity (Wildman–Crippen MR) is 99.2 cm³/mol. The molecular weight excluding hydrogens is 332 g/mol. The van der Waals surface area contributed by atoms with Gasteiger partial charge in [-0.25, -0.2) is 9.97 Å². The van der Waals surface area contributed by atoms with Gasteiger partial charge < -0.3 is 9.47 Å². The first-order valence-electron chi connectivity index (χ1n) is 9.25. The molecule has 0 bridgehead atoms. The van der Waals surface area contributed by atoms with Gasteiger partial charge in [-0.15, -0.1) is 21.5 Å². The highest BCUT2D eigenvalue weighted by molar-refractivity contribution is 7.17. The van der Waals surface area contributed by atoms with Crippen LogP contribution in [-0.4, -0.2) is 37.8 Å². The summed E-state index contributed by atoms with van der Waals surface area (Å²) in [4.78, 5) is 11.4. The van der Waals surface area contributed by atoms with Crippen LogP contribution in [0.2, 0.25) is 0 Å². The van der Waals surface area contributed by atoms with E-state index in [9.17, 15) is 0 Å². The lowest BCUT2D eigenvalue weighted by Gasteiger charge is -2.33. The lowest BCUT2D eigenvalue weighted by Crippen LogP contribution is -2.36. The Morgan fingerprint density at radius 3 is 3.04 bits per heavy atom. The number of rotatable bonds is 2. The van der Waals surface area contributed by atoms with Crippen molar-refractivity contribution >= 4 is 27.4 Å². The summed E-state index contributed by atoms with van der Waals surface area (Å²) in [5.74, 6) is 3.91. The Kier molecular flexibility index (Phi) is 3.88. The van der Waals surface area contributed by atoms with Gasteiger partial charge >= 0.3 is 0 Å². The SMILES string of the molecule is c1nc(N2CCC[C@H](c3nnc4n3CCCCC4)C2)c2sccc2n1. The van der Waals surface area contributed by atoms with E-state index in [1.165, 1.54) is 48.5 Å². The van der Waals surface area contributed by atoms with E-state index in [0.29, 0.717) is 5.92 Å². The van der Waals surface area contributed by atoms with Gasteiger partial charge in [-0.05, 0) is 37.1 Å². The van der Waals surface area contributed by atoms with Gasteiger partial charge in [0.25, 0.3) is 0 Å². The second kappa shape index (κ2) is 6.37. The van der Waals surface area contributed by atoms with Gasteiger partial charge in [0.1, 0.15) is 23.8 Å². The van der Waals surface area contributed by atoms with Crippen molar-refractivity contribution in [3.05, 3.63) is 29.4 Å². The third kappa shape index (κ3) is 2.70. The summed E-state index contributed by atoms with van der Waals surface area (Å²) in [6, 6.07) is 2.07. The number of nitrogens with zero attached hydrogens (tertiary/aromatic N) is 6. The lowest BCUT2D eigenvalue weighted by molar-refractivity contribution is 0.464. The van der Waals surface area contributed by atoms with Gasteiger partial charge in [-0.2, -0.15) is 0 Å². The summed E-state index contributed by atoms with van der Waals surface area (Å²) in [5.41, 5.74) is 1.05. The van der Waals surface area contributed by atoms with E-state index in [4.69, 9.17) is 0 Å². The highest BCUT2D eigenvalue weighted by Gasteiger charge is 2.28. The van der Waals surface area contributed by atoms with Crippen LogP contribution in [-0.2, 0) is 13.0 Å². The highest BCUT2D eigenvalue weighted by atomic mass is 32.1. The van der Waals surface area contributed by atoms with E-state index in [1.54, 1.807) is 17.7 Å². The van der Waals surface area contributed by atoms with Gasteiger partial charge in [-0.3, -0.25) is 0 Å². The van der Waals surface area contributed by atoms with Crippen molar-refractivity contribution in [3.63, 3.8) is 0 Å². The maximum Gasteiger partial charge on any atom is 0.150 e. The summed E-state index contributed by atoms with van der Waals surface area (Å²) >= 11 is 1.73. The first kappa shape index (κ1) is 15.3. The molecule has 0 N–H and O–H groups in total. The summed E-state index contributed by atoms with van der Waals surface area (Å²) in [6.45, 7) is 3.11. The minimum Gasteiger partial charge on any atom is -0.355 e. The number of thiophene rings is 1. The number of hydrogen-bond donors (Lipinski definition) is 0. The second-order valence-electron chi connectivity index (χ2n) is 7.05. The molecule has 2 aliphatic heterocycles. The van der Waals surface area contributed by atoms with Crippen LogP contribution >= 0.6 is 11.3 Å². The Hall–Kier alpha value is -2.02. The van der Waals surface area contributed by atoms with Gasteiger partial charge in [0, 0.05) is 32.0 Å². The van der Waals surface area contributed by atoms with E-state index in [1.807, 2.05) is 0 Å². The van der Waals surface area contributed by atoms with Crippen molar-refractivity contribution in [3.8, 4) is 0 Å². The van der Waals surface area contributed by atoms with Crippen molar-refractivity contribution in [1.82, 2.24) is 24.7 Å². The molecule has 0 saturated carbocycles. The van der Waals surface area contributed by atoms with Gasteiger partial charge in [-0.1, -0.05) is 6.42 Å². The topological polar surface area (TPSA) is 59.7 Å². The third-order valence-electron chi connectivity index (χ3n) is 5.45. The molecule has 0 radical (unpaired) electrons. The molecule has 0 amide bonds. The Balaban J connectivity index is 1.45. The molecular formula is C18H22N6S. The fourth-order valence-corrected chi connectivity index (χ4v) is 5.05. The van der Waals surface area contributed by atoms with Gasteiger partial charge in [0.15, 0.2) is 0 Å². The number of anilines is 1. The minimum absolute atomic E-state index is 0.443. The molecule has 0 spiro atoms. The van der Waals surface area contributed by atoms with Crippen LogP contribution in [0.25, 0.3) is 10.2 Å². The molecule has 1 atom stereocenters. The fourth-order valence-electron chi connectivity index (χ4n) is 4.19. The maximum absolute atomic E-state index is 4.60. The average molecular weight is 354 g/mol. The fraction of sp³-hybridized carbons (Fsp3) is 0.556. The normalized spacial score (nSPS) is 21.3. The zero-order valence-electron chi connectivity index (χ0n) is 14.3. The molecule has 1 saturated heterocycles. The zero-order chi connectivity index (χ0) is 16.6. The number of hydrogen-bond acceptors (Lipinski definition) is 6. The minimum atomic E-state index is 0.443. The smallest absolute Gasteiger partial charge is 0.150 e. The Labute approximate surface area is 150 Å². The quantitative estimate of drug-likeness (QED) is 0.706. The van der Waals surface area contributed by atoms with E-state index >= 15 is 0 Å². The number of piperidine rings is 1. The number of aromatic nitrogens is 5. The molecule has 25 heavy (non-hydrogen) atoms. The van der Waals surface area contributed by atoms with Crippen LogP contribution in [0.1, 0.15) is 49.7 Å². The lowest BCUT2D eigenvalue weighted by atomic mass is 9.97. The van der Waals surface area contributed by atoms with Crippen molar-refractivity contribution in [2.75, 3.05) is 18.0 Å². The molecule has 2 aliphatic rings. The van der Waals surface area contributed by atoms with Crippen molar-refractivity contribution in [1.29, 1.82) is 0 Å². The molecule has 1 fully saturated rings. The summed E-state index contributed by atoms with van der Waals surface area (Å²) < 4.78 is 3.60.